The molecule has 23 heavy (non-hydrogen) atoms. The summed E-state index contributed by atoms with van der Waals surface area (Å²) in [5.41, 5.74) is 1.15. The van der Waals surface area contributed by atoms with Crippen LogP contribution in [0, 0.1) is 0 Å². The summed E-state index contributed by atoms with van der Waals surface area (Å²) in [6.45, 7) is 6.25. The highest BCUT2D eigenvalue weighted by molar-refractivity contribution is 5.79. The van der Waals surface area contributed by atoms with E-state index < -0.39 is 0 Å². The second-order valence-electron chi connectivity index (χ2n) is 5.69. The van der Waals surface area contributed by atoms with Crippen LogP contribution in [0.2, 0.25) is 0 Å². The molecule has 0 atom stereocenters. The highest BCUT2D eigenvalue weighted by Gasteiger charge is 2.10. The monoisotopic (exact) mass is 320 g/mol. The Kier molecular flexibility index (Phi) is 7.09. The third kappa shape index (κ3) is 5.69. The molecule has 0 unspecified atom stereocenters. The van der Waals surface area contributed by atoms with Gasteiger partial charge in [-0.25, -0.2) is 4.98 Å². The minimum Gasteiger partial charge on any atom is -0.379 e. The van der Waals surface area contributed by atoms with E-state index in [1.807, 2.05) is 31.3 Å². The van der Waals surface area contributed by atoms with Crippen LogP contribution in [0.25, 0.3) is 0 Å². The first-order valence-corrected chi connectivity index (χ1v) is 8.06. The topological polar surface area (TPSA) is 65.0 Å². The van der Waals surface area contributed by atoms with E-state index in [0.717, 1.165) is 56.7 Å². The van der Waals surface area contributed by atoms with Gasteiger partial charge >= 0.3 is 0 Å². The van der Waals surface area contributed by atoms with Gasteiger partial charge in [0.25, 0.3) is 0 Å². The number of guanidine groups is 1. The number of aromatic nitrogens is 1. The van der Waals surface area contributed by atoms with Crippen molar-refractivity contribution in [2.45, 2.75) is 6.54 Å². The number of ether oxygens (including phenoxy) is 1. The van der Waals surface area contributed by atoms with E-state index >= 15 is 0 Å². The van der Waals surface area contributed by atoms with E-state index in [0.29, 0.717) is 6.54 Å². The van der Waals surface area contributed by atoms with Crippen molar-refractivity contribution in [2.75, 3.05) is 65.4 Å². The fourth-order valence-electron chi connectivity index (χ4n) is 2.53. The van der Waals surface area contributed by atoms with Gasteiger partial charge < -0.3 is 20.3 Å². The van der Waals surface area contributed by atoms with Crippen molar-refractivity contribution < 1.29 is 4.74 Å². The molecule has 0 radical (unpaired) electrons. The Morgan fingerprint density at radius 3 is 2.83 bits per heavy atom. The number of nitrogens with zero attached hydrogens (tertiary/aromatic N) is 4. The van der Waals surface area contributed by atoms with Gasteiger partial charge in [0, 0.05) is 65.6 Å². The van der Waals surface area contributed by atoms with Crippen molar-refractivity contribution in [1.29, 1.82) is 0 Å². The first kappa shape index (κ1) is 17.5. The Balaban J connectivity index is 1.76. The molecule has 0 amide bonds. The van der Waals surface area contributed by atoms with Crippen LogP contribution in [-0.2, 0) is 11.3 Å². The van der Waals surface area contributed by atoms with Gasteiger partial charge in [-0.2, -0.15) is 0 Å². The first-order chi connectivity index (χ1) is 11.2. The van der Waals surface area contributed by atoms with Gasteiger partial charge in [-0.05, 0) is 6.07 Å². The van der Waals surface area contributed by atoms with Gasteiger partial charge in [0.2, 0.25) is 0 Å². The zero-order valence-electron chi connectivity index (χ0n) is 14.4. The SMILES string of the molecule is CN=C(NCCN1CCOCC1)NCc1cccnc1N(C)C. The molecule has 1 aromatic heterocycles. The van der Waals surface area contributed by atoms with Crippen LogP contribution in [0.15, 0.2) is 23.3 Å². The van der Waals surface area contributed by atoms with Crippen molar-refractivity contribution in [1.82, 2.24) is 20.5 Å². The number of hydrogen-bond acceptors (Lipinski definition) is 5. The molecule has 7 nitrogen and oxygen atoms in total. The Bertz CT molecular complexity index is 499. The van der Waals surface area contributed by atoms with Crippen LogP contribution in [0.1, 0.15) is 5.56 Å². The molecule has 7 heteroatoms. The van der Waals surface area contributed by atoms with Gasteiger partial charge in [0.05, 0.1) is 13.2 Å². The normalized spacial score (nSPS) is 16.2. The fourth-order valence-corrected chi connectivity index (χ4v) is 2.53. The van der Waals surface area contributed by atoms with Gasteiger partial charge in [0.1, 0.15) is 5.82 Å². The molecule has 0 bridgehead atoms. The molecule has 1 fully saturated rings. The molecular weight excluding hydrogens is 292 g/mol. The second kappa shape index (κ2) is 9.32. The minimum absolute atomic E-state index is 0.693. The van der Waals surface area contributed by atoms with Gasteiger partial charge in [-0.1, -0.05) is 6.07 Å². The highest BCUT2D eigenvalue weighted by atomic mass is 16.5. The maximum Gasteiger partial charge on any atom is 0.191 e. The van der Waals surface area contributed by atoms with E-state index in [4.69, 9.17) is 4.74 Å². The molecule has 1 aliphatic rings. The Hall–Kier alpha value is -1.86. The highest BCUT2D eigenvalue weighted by Crippen LogP contribution is 2.13. The summed E-state index contributed by atoms with van der Waals surface area (Å²) in [6.07, 6.45) is 1.81. The molecule has 0 aliphatic carbocycles. The van der Waals surface area contributed by atoms with E-state index in [1.54, 1.807) is 7.05 Å². The predicted octanol–water partition coefficient (Wildman–Crippen LogP) is 0.145. The number of rotatable bonds is 6. The zero-order chi connectivity index (χ0) is 16.5. The molecule has 2 heterocycles. The molecule has 128 valence electrons. The second-order valence-corrected chi connectivity index (χ2v) is 5.69. The smallest absolute Gasteiger partial charge is 0.191 e. The average molecular weight is 320 g/mol. The number of hydrogen-bond donors (Lipinski definition) is 2. The number of nitrogens with one attached hydrogen (secondary N) is 2. The molecule has 1 saturated heterocycles. The molecular formula is C16H28N6O. The third-order valence-corrected chi connectivity index (χ3v) is 3.79. The summed E-state index contributed by atoms with van der Waals surface area (Å²) in [7, 11) is 5.79. The fraction of sp³-hybridized carbons (Fsp3) is 0.625. The number of aliphatic imine (C=N–C) groups is 1. The largest absolute Gasteiger partial charge is 0.379 e. The van der Waals surface area contributed by atoms with Crippen LogP contribution < -0.4 is 15.5 Å². The summed E-state index contributed by atoms with van der Waals surface area (Å²) in [4.78, 5) is 13.1. The Morgan fingerprint density at radius 1 is 1.35 bits per heavy atom. The molecule has 0 spiro atoms. The van der Waals surface area contributed by atoms with E-state index in [-0.39, 0.29) is 0 Å². The molecule has 0 saturated carbocycles. The summed E-state index contributed by atoms with van der Waals surface area (Å²) in [5.74, 6) is 1.79. The summed E-state index contributed by atoms with van der Waals surface area (Å²) >= 11 is 0. The van der Waals surface area contributed by atoms with Crippen LogP contribution in [0.5, 0.6) is 0 Å². The molecule has 1 aromatic rings. The minimum atomic E-state index is 0.693. The van der Waals surface area contributed by atoms with E-state index in [1.165, 1.54) is 0 Å². The van der Waals surface area contributed by atoms with Crippen LogP contribution in [-0.4, -0.2) is 76.4 Å². The lowest BCUT2D eigenvalue weighted by molar-refractivity contribution is 0.0389. The number of morpholine rings is 1. The van der Waals surface area contributed by atoms with Crippen molar-refractivity contribution in [2.24, 2.45) is 4.99 Å². The lowest BCUT2D eigenvalue weighted by Crippen LogP contribution is -2.44. The van der Waals surface area contributed by atoms with Gasteiger partial charge in [-0.3, -0.25) is 9.89 Å². The van der Waals surface area contributed by atoms with Crippen molar-refractivity contribution in [3.05, 3.63) is 23.9 Å². The maximum absolute atomic E-state index is 5.36. The standard InChI is InChI=1S/C16H28N6O/c1-17-16(19-7-8-22-9-11-23-12-10-22)20-13-14-5-4-6-18-15(14)21(2)3/h4-6H,7-13H2,1-3H3,(H2,17,19,20). The van der Waals surface area contributed by atoms with E-state index in [9.17, 15) is 0 Å². The van der Waals surface area contributed by atoms with Crippen LogP contribution in [0.3, 0.4) is 0 Å². The van der Waals surface area contributed by atoms with Crippen molar-refractivity contribution >= 4 is 11.8 Å². The van der Waals surface area contributed by atoms with Crippen LogP contribution >= 0.6 is 0 Å². The van der Waals surface area contributed by atoms with E-state index in [2.05, 4.69) is 31.6 Å². The zero-order valence-corrected chi connectivity index (χ0v) is 14.4. The summed E-state index contributed by atoms with van der Waals surface area (Å²) in [6, 6.07) is 4.04. The third-order valence-electron chi connectivity index (χ3n) is 3.79. The maximum atomic E-state index is 5.36. The Labute approximate surface area is 138 Å². The first-order valence-electron chi connectivity index (χ1n) is 8.06. The Morgan fingerprint density at radius 2 is 2.13 bits per heavy atom. The lowest BCUT2D eigenvalue weighted by atomic mass is 10.2. The average Bonchev–Trinajstić information content (AvgIpc) is 2.59. The molecule has 2 N–H and O–H groups in total. The van der Waals surface area contributed by atoms with Crippen LogP contribution in [0.4, 0.5) is 5.82 Å². The van der Waals surface area contributed by atoms with Gasteiger partial charge in [-0.15, -0.1) is 0 Å². The van der Waals surface area contributed by atoms with Crippen molar-refractivity contribution in [3.63, 3.8) is 0 Å². The van der Waals surface area contributed by atoms with Gasteiger partial charge in [0.15, 0.2) is 5.96 Å². The van der Waals surface area contributed by atoms with Crippen molar-refractivity contribution in [3.8, 4) is 0 Å². The molecule has 0 aromatic carbocycles. The molecule has 2 rings (SSSR count). The number of anilines is 1. The number of pyridine rings is 1. The lowest BCUT2D eigenvalue weighted by Gasteiger charge is -2.26. The molecule has 1 aliphatic heterocycles. The summed E-state index contributed by atoms with van der Waals surface area (Å²) < 4.78 is 5.36. The predicted molar refractivity (Wildman–Crippen MR) is 94.0 cm³/mol. The quantitative estimate of drug-likeness (QED) is 0.574. The summed E-state index contributed by atoms with van der Waals surface area (Å²) in [5, 5.41) is 6.71.